The standard InChI is InChI=1S/C21H29N3O/c1-16(2)24-15-18(13-22-24)21(25)11-19-9-6-10-20(12-21)23(19)14-17-7-4-3-5-8-17/h3-5,7-8,13,15-16,19-20,25H,6,9-12,14H2,1-2H3. The molecule has 1 aromatic carbocycles. The van der Waals surface area contributed by atoms with Crippen molar-refractivity contribution in [1.82, 2.24) is 14.7 Å². The third-order valence-electron chi connectivity index (χ3n) is 6.04. The van der Waals surface area contributed by atoms with Crippen LogP contribution in [-0.4, -0.2) is 31.9 Å². The van der Waals surface area contributed by atoms with Crippen molar-refractivity contribution in [2.75, 3.05) is 0 Å². The Labute approximate surface area is 150 Å². The van der Waals surface area contributed by atoms with Crippen molar-refractivity contribution in [1.29, 1.82) is 0 Å². The van der Waals surface area contributed by atoms with E-state index in [1.807, 2.05) is 17.1 Å². The van der Waals surface area contributed by atoms with Crippen molar-refractivity contribution in [2.45, 2.75) is 76.2 Å². The molecule has 4 heteroatoms. The summed E-state index contributed by atoms with van der Waals surface area (Å²) in [5.74, 6) is 0. The normalized spacial score (nSPS) is 29.9. The lowest BCUT2D eigenvalue weighted by Gasteiger charge is -2.52. The second-order valence-corrected chi connectivity index (χ2v) is 8.14. The van der Waals surface area contributed by atoms with E-state index in [1.165, 1.54) is 24.8 Å². The molecule has 2 unspecified atom stereocenters. The fourth-order valence-corrected chi connectivity index (χ4v) is 4.67. The number of aliphatic hydroxyl groups is 1. The van der Waals surface area contributed by atoms with E-state index >= 15 is 0 Å². The van der Waals surface area contributed by atoms with Gasteiger partial charge < -0.3 is 5.11 Å². The topological polar surface area (TPSA) is 41.3 Å². The average Bonchev–Trinajstić information content (AvgIpc) is 3.08. The van der Waals surface area contributed by atoms with Crippen LogP contribution in [0.4, 0.5) is 0 Å². The Hall–Kier alpha value is -1.65. The van der Waals surface area contributed by atoms with Gasteiger partial charge in [-0.15, -0.1) is 0 Å². The van der Waals surface area contributed by atoms with E-state index in [2.05, 4.69) is 54.2 Å². The number of aromatic nitrogens is 2. The first kappa shape index (κ1) is 16.8. The number of rotatable bonds is 4. The molecule has 2 saturated heterocycles. The van der Waals surface area contributed by atoms with Gasteiger partial charge in [-0.05, 0) is 45.1 Å². The average molecular weight is 339 g/mol. The molecule has 2 aliphatic heterocycles. The zero-order valence-electron chi connectivity index (χ0n) is 15.3. The van der Waals surface area contributed by atoms with Crippen molar-refractivity contribution in [2.24, 2.45) is 0 Å². The lowest BCUT2D eigenvalue weighted by molar-refractivity contribution is -0.0999. The minimum absolute atomic E-state index is 0.329. The Kier molecular flexibility index (Phi) is 4.42. The Bertz CT molecular complexity index is 695. The van der Waals surface area contributed by atoms with Gasteiger partial charge in [0.1, 0.15) is 0 Å². The molecule has 1 aromatic heterocycles. The van der Waals surface area contributed by atoms with Crippen LogP contribution >= 0.6 is 0 Å². The van der Waals surface area contributed by atoms with Crippen molar-refractivity contribution in [3.05, 3.63) is 53.9 Å². The number of hydrogen-bond acceptors (Lipinski definition) is 3. The van der Waals surface area contributed by atoms with Gasteiger partial charge in [0.25, 0.3) is 0 Å². The number of benzene rings is 1. The van der Waals surface area contributed by atoms with Crippen LogP contribution in [0, 0.1) is 0 Å². The van der Waals surface area contributed by atoms with Gasteiger partial charge in [-0.2, -0.15) is 5.10 Å². The van der Waals surface area contributed by atoms with E-state index in [1.54, 1.807) is 0 Å². The summed E-state index contributed by atoms with van der Waals surface area (Å²) >= 11 is 0. The van der Waals surface area contributed by atoms with Gasteiger partial charge in [-0.1, -0.05) is 36.8 Å². The molecule has 2 aliphatic rings. The lowest BCUT2D eigenvalue weighted by atomic mass is 9.73. The van der Waals surface area contributed by atoms with E-state index in [4.69, 9.17) is 0 Å². The molecular formula is C21H29N3O. The van der Waals surface area contributed by atoms with Crippen LogP contribution in [0.15, 0.2) is 42.7 Å². The Morgan fingerprint density at radius 1 is 1.16 bits per heavy atom. The van der Waals surface area contributed by atoms with E-state index in [0.29, 0.717) is 18.1 Å². The van der Waals surface area contributed by atoms with Crippen LogP contribution in [0.2, 0.25) is 0 Å². The molecule has 0 amide bonds. The highest BCUT2D eigenvalue weighted by molar-refractivity contribution is 5.21. The molecular weight excluding hydrogens is 310 g/mol. The van der Waals surface area contributed by atoms with Crippen LogP contribution in [0.25, 0.3) is 0 Å². The summed E-state index contributed by atoms with van der Waals surface area (Å²) in [5.41, 5.74) is 1.64. The maximum atomic E-state index is 11.4. The highest BCUT2D eigenvalue weighted by Gasteiger charge is 2.46. The van der Waals surface area contributed by atoms with Crippen LogP contribution in [0.3, 0.4) is 0 Å². The molecule has 3 heterocycles. The van der Waals surface area contributed by atoms with Gasteiger partial charge in [0.15, 0.2) is 0 Å². The number of hydrogen-bond donors (Lipinski definition) is 1. The number of piperidine rings is 2. The van der Waals surface area contributed by atoms with Gasteiger partial charge in [0, 0.05) is 36.4 Å². The monoisotopic (exact) mass is 339 g/mol. The van der Waals surface area contributed by atoms with Crippen molar-refractivity contribution in [3.8, 4) is 0 Å². The fraction of sp³-hybridized carbons (Fsp3) is 0.571. The molecule has 0 spiro atoms. The first-order valence-corrected chi connectivity index (χ1v) is 9.62. The highest BCUT2D eigenvalue weighted by Crippen LogP contribution is 2.44. The number of nitrogens with zero attached hydrogens (tertiary/aromatic N) is 3. The summed E-state index contributed by atoms with van der Waals surface area (Å²) in [5, 5.41) is 15.9. The van der Waals surface area contributed by atoms with Crippen molar-refractivity contribution < 1.29 is 5.11 Å². The molecule has 2 atom stereocenters. The summed E-state index contributed by atoms with van der Waals surface area (Å²) in [6, 6.07) is 12.0. The van der Waals surface area contributed by atoms with Crippen molar-refractivity contribution in [3.63, 3.8) is 0 Å². The quantitative estimate of drug-likeness (QED) is 0.919. The molecule has 0 radical (unpaired) electrons. The van der Waals surface area contributed by atoms with E-state index in [0.717, 1.165) is 24.9 Å². The SMILES string of the molecule is CC(C)n1cc(C2(O)CC3CCCC(C2)N3Cc2ccccc2)cn1. The van der Waals surface area contributed by atoms with E-state index in [-0.39, 0.29) is 0 Å². The molecule has 4 rings (SSSR count). The highest BCUT2D eigenvalue weighted by atomic mass is 16.3. The summed E-state index contributed by atoms with van der Waals surface area (Å²) in [6.45, 7) is 5.24. The molecule has 0 aliphatic carbocycles. The van der Waals surface area contributed by atoms with Crippen LogP contribution < -0.4 is 0 Å². The van der Waals surface area contributed by atoms with Gasteiger partial charge in [-0.3, -0.25) is 9.58 Å². The molecule has 2 aromatic rings. The Morgan fingerprint density at radius 2 is 1.84 bits per heavy atom. The zero-order valence-corrected chi connectivity index (χ0v) is 15.3. The summed E-state index contributed by atoms with van der Waals surface area (Å²) in [4.78, 5) is 2.64. The second-order valence-electron chi connectivity index (χ2n) is 8.14. The van der Waals surface area contributed by atoms with E-state index in [9.17, 15) is 5.11 Å². The summed E-state index contributed by atoms with van der Waals surface area (Å²) in [6.07, 6.45) is 9.21. The number of fused-ring (bicyclic) bond motifs is 2. The predicted octanol–water partition coefficient (Wildman–Crippen LogP) is 3.87. The second kappa shape index (κ2) is 6.58. The van der Waals surface area contributed by atoms with Gasteiger partial charge in [0.2, 0.25) is 0 Å². The Balaban J connectivity index is 1.55. The van der Waals surface area contributed by atoms with Gasteiger partial charge in [0.05, 0.1) is 11.8 Å². The predicted molar refractivity (Wildman–Crippen MR) is 99.2 cm³/mol. The minimum Gasteiger partial charge on any atom is -0.385 e. The smallest absolute Gasteiger partial charge is 0.0956 e. The lowest BCUT2D eigenvalue weighted by Crippen LogP contribution is -2.56. The molecule has 4 nitrogen and oxygen atoms in total. The Morgan fingerprint density at radius 3 is 2.44 bits per heavy atom. The van der Waals surface area contributed by atoms with Crippen LogP contribution in [0.5, 0.6) is 0 Å². The minimum atomic E-state index is -0.726. The van der Waals surface area contributed by atoms with E-state index < -0.39 is 5.60 Å². The maximum Gasteiger partial charge on any atom is 0.0956 e. The largest absolute Gasteiger partial charge is 0.385 e. The van der Waals surface area contributed by atoms with Gasteiger partial charge >= 0.3 is 0 Å². The summed E-state index contributed by atoms with van der Waals surface area (Å²) in [7, 11) is 0. The first-order chi connectivity index (χ1) is 12.0. The van der Waals surface area contributed by atoms with Crippen molar-refractivity contribution >= 4 is 0 Å². The fourth-order valence-electron chi connectivity index (χ4n) is 4.67. The molecule has 2 bridgehead atoms. The van der Waals surface area contributed by atoms with Gasteiger partial charge in [-0.25, -0.2) is 0 Å². The third-order valence-corrected chi connectivity index (χ3v) is 6.04. The molecule has 1 N–H and O–H groups in total. The molecule has 2 fully saturated rings. The van der Waals surface area contributed by atoms with Crippen LogP contribution in [-0.2, 0) is 12.1 Å². The molecule has 25 heavy (non-hydrogen) atoms. The zero-order chi connectivity index (χ0) is 17.4. The first-order valence-electron chi connectivity index (χ1n) is 9.62. The maximum absolute atomic E-state index is 11.4. The molecule has 134 valence electrons. The third kappa shape index (κ3) is 3.25. The summed E-state index contributed by atoms with van der Waals surface area (Å²) < 4.78 is 1.96. The molecule has 0 saturated carbocycles. The van der Waals surface area contributed by atoms with Crippen LogP contribution in [0.1, 0.15) is 63.1 Å².